The van der Waals surface area contributed by atoms with Crippen LogP contribution < -0.4 is 10.9 Å². The molecule has 1 amide bonds. The molecule has 5 nitrogen and oxygen atoms in total. The zero-order valence-corrected chi connectivity index (χ0v) is 11.6. The molecule has 1 aliphatic heterocycles. The average Bonchev–Trinajstić information content (AvgIpc) is 2.78. The molecule has 19 heavy (non-hydrogen) atoms. The van der Waals surface area contributed by atoms with Gasteiger partial charge in [-0.25, -0.2) is 0 Å². The van der Waals surface area contributed by atoms with Crippen LogP contribution in [0.1, 0.15) is 29.6 Å². The molecule has 0 aliphatic carbocycles. The maximum absolute atomic E-state index is 11.9. The van der Waals surface area contributed by atoms with Crippen molar-refractivity contribution in [3.8, 4) is 0 Å². The lowest BCUT2D eigenvalue weighted by atomic mass is 10.1. The zero-order valence-electron chi connectivity index (χ0n) is 11.6. The van der Waals surface area contributed by atoms with Crippen LogP contribution in [0.2, 0.25) is 0 Å². The topological polar surface area (TPSA) is 54.3 Å². The van der Waals surface area contributed by atoms with Crippen molar-refractivity contribution < 1.29 is 4.79 Å². The molecule has 0 spiro atoms. The van der Waals surface area contributed by atoms with E-state index in [2.05, 4.69) is 17.3 Å². The second-order valence-electron chi connectivity index (χ2n) is 5.16. The Labute approximate surface area is 113 Å². The maximum atomic E-state index is 11.9. The van der Waals surface area contributed by atoms with Crippen LogP contribution in [0.15, 0.2) is 23.1 Å². The minimum Gasteiger partial charge on any atom is -0.352 e. The van der Waals surface area contributed by atoms with Gasteiger partial charge in [0.25, 0.3) is 11.5 Å². The molecule has 1 fully saturated rings. The number of likely N-dealkylation sites (tertiary alicyclic amines) is 1. The van der Waals surface area contributed by atoms with Crippen molar-refractivity contribution in [2.24, 2.45) is 7.05 Å². The molecule has 0 radical (unpaired) electrons. The summed E-state index contributed by atoms with van der Waals surface area (Å²) in [4.78, 5) is 26.0. The largest absolute Gasteiger partial charge is 0.352 e. The molecule has 2 rings (SSSR count). The van der Waals surface area contributed by atoms with Gasteiger partial charge in [-0.2, -0.15) is 0 Å². The molecule has 0 saturated carbocycles. The van der Waals surface area contributed by atoms with Crippen LogP contribution in [0.3, 0.4) is 0 Å². The van der Waals surface area contributed by atoms with Crippen LogP contribution >= 0.6 is 0 Å². The van der Waals surface area contributed by atoms with Gasteiger partial charge in [-0.05, 0) is 45.0 Å². The highest BCUT2D eigenvalue weighted by Gasteiger charge is 2.20. The molecule has 1 atom stereocenters. The third kappa shape index (κ3) is 3.23. The molecule has 1 saturated heterocycles. The van der Waals surface area contributed by atoms with Gasteiger partial charge in [0, 0.05) is 25.8 Å². The molecule has 1 aromatic rings. The van der Waals surface area contributed by atoms with Gasteiger partial charge in [-0.1, -0.05) is 0 Å². The molecule has 1 N–H and O–H groups in total. The van der Waals surface area contributed by atoms with E-state index in [1.54, 1.807) is 25.4 Å². The second kappa shape index (κ2) is 6.02. The number of aromatic nitrogens is 1. The minimum absolute atomic E-state index is 0.213. The van der Waals surface area contributed by atoms with Gasteiger partial charge >= 0.3 is 0 Å². The monoisotopic (exact) mass is 263 g/mol. The van der Waals surface area contributed by atoms with Crippen molar-refractivity contribution in [3.05, 3.63) is 34.2 Å². The van der Waals surface area contributed by atoms with Gasteiger partial charge in [-0.3, -0.25) is 9.59 Å². The van der Waals surface area contributed by atoms with Crippen LogP contribution in [0.25, 0.3) is 0 Å². The smallest absolute Gasteiger partial charge is 0.263 e. The Hall–Kier alpha value is -1.62. The zero-order chi connectivity index (χ0) is 13.8. The lowest BCUT2D eigenvalue weighted by Gasteiger charge is -2.19. The molecular weight excluding hydrogens is 242 g/mol. The van der Waals surface area contributed by atoms with Crippen molar-refractivity contribution in [3.63, 3.8) is 0 Å². The first-order valence-corrected chi connectivity index (χ1v) is 6.73. The third-order valence-electron chi connectivity index (χ3n) is 3.80. The Morgan fingerprint density at radius 3 is 2.95 bits per heavy atom. The summed E-state index contributed by atoms with van der Waals surface area (Å²) >= 11 is 0. The molecule has 5 heteroatoms. The summed E-state index contributed by atoms with van der Waals surface area (Å²) in [5, 5.41) is 2.84. The van der Waals surface area contributed by atoms with E-state index >= 15 is 0 Å². The minimum atomic E-state index is -0.276. The van der Waals surface area contributed by atoms with E-state index < -0.39 is 0 Å². The summed E-state index contributed by atoms with van der Waals surface area (Å²) in [5.41, 5.74) is -0.0391. The van der Waals surface area contributed by atoms with Gasteiger partial charge in [0.2, 0.25) is 0 Å². The predicted molar refractivity (Wildman–Crippen MR) is 74.3 cm³/mol. The predicted octanol–water partition coefficient (Wildman–Crippen LogP) is 0.599. The van der Waals surface area contributed by atoms with Crippen LogP contribution in [-0.2, 0) is 7.05 Å². The fourth-order valence-corrected chi connectivity index (χ4v) is 2.56. The van der Waals surface area contributed by atoms with Gasteiger partial charge < -0.3 is 14.8 Å². The molecule has 1 aliphatic rings. The second-order valence-corrected chi connectivity index (χ2v) is 5.16. The van der Waals surface area contributed by atoms with Crippen LogP contribution in [-0.4, -0.2) is 41.6 Å². The van der Waals surface area contributed by atoms with E-state index in [0.717, 1.165) is 13.0 Å². The number of nitrogens with zero attached hydrogens (tertiary/aromatic N) is 2. The van der Waals surface area contributed by atoms with Gasteiger partial charge in [0.1, 0.15) is 5.56 Å². The van der Waals surface area contributed by atoms with Crippen LogP contribution in [0.5, 0.6) is 0 Å². The first kappa shape index (κ1) is 13.8. The van der Waals surface area contributed by atoms with E-state index in [-0.39, 0.29) is 17.0 Å². The fraction of sp³-hybridized carbons (Fsp3) is 0.571. The summed E-state index contributed by atoms with van der Waals surface area (Å²) in [6.07, 6.45) is 5.01. The van der Waals surface area contributed by atoms with Crippen LogP contribution in [0, 0.1) is 0 Å². The highest BCUT2D eigenvalue weighted by atomic mass is 16.2. The SMILES string of the molecule is CN1CCC[C@@H]1CCNC(=O)c1cccn(C)c1=O. The summed E-state index contributed by atoms with van der Waals surface area (Å²) in [6.45, 7) is 1.75. The Kier molecular flexibility index (Phi) is 4.37. The van der Waals surface area contributed by atoms with E-state index in [9.17, 15) is 9.59 Å². The number of hydrogen-bond acceptors (Lipinski definition) is 3. The first-order valence-electron chi connectivity index (χ1n) is 6.73. The fourth-order valence-electron chi connectivity index (χ4n) is 2.56. The average molecular weight is 263 g/mol. The number of hydrogen-bond donors (Lipinski definition) is 1. The highest BCUT2D eigenvalue weighted by molar-refractivity contribution is 5.93. The Morgan fingerprint density at radius 1 is 1.47 bits per heavy atom. The van der Waals surface area contributed by atoms with Crippen molar-refractivity contribution in [2.45, 2.75) is 25.3 Å². The van der Waals surface area contributed by atoms with E-state index in [1.807, 2.05) is 0 Å². The lowest BCUT2D eigenvalue weighted by Crippen LogP contribution is -2.35. The van der Waals surface area contributed by atoms with Gasteiger partial charge in [0.15, 0.2) is 0 Å². The quantitative estimate of drug-likeness (QED) is 0.865. The number of aryl methyl sites for hydroxylation is 1. The normalized spacial score (nSPS) is 19.6. The summed E-state index contributed by atoms with van der Waals surface area (Å²) in [5.74, 6) is -0.276. The number of carbonyl (C=O) groups excluding carboxylic acids is 1. The van der Waals surface area contributed by atoms with Crippen molar-refractivity contribution in [2.75, 3.05) is 20.1 Å². The van der Waals surface area contributed by atoms with Crippen LogP contribution in [0.4, 0.5) is 0 Å². The molecule has 0 unspecified atom stereocenters. The summed E-state index contributed by atoms with van der Waals surface area (Å²) in [7, 11) is 3.76. The van der Waals surface area contributed by atoms with Gasteiger partial charge in [0.05, 0.1) is 0 Å². The van der Waals surface area contributed by atoms with E-state index in [0.29, 0.717) is 12.6 Å². The Bertz CT molecular complexity index is 510. The Balaban J connectivity index is 1.88. The maximum Gasteiger partial charge on any atom is 0.263 e. The molecule has 1 aromatic heterocycles. The summed E-state index contributed by atoms with van der Waals surface area (Å²) in [6, 6.07) is 3.83. The first-order chi connectivity index (χ1) is 9.09. The number of carbonyl (C=O) groups is 1. The number of pyridine rings is 1. The molecule has 2 heterocycles. The number of rotatable bonds is 4. The van der Waals surface area contributed by atoms with E-state index in [4.69, 9.17) is 0 Å². The number of nitrogens with one attached hydrogen (secondary N) is 1. The number of amides is 1. The molecule has 104 valence electrons. The summed E-state index contributed by atoms with van der Waals surface area (Å²) < 4.78 is 1.42. The third-order valence-corrected chi connectivity index (χ3v) is 3.80. The standard InChI is InChI=1S/C14H21N3O2/c1-16-9-3-5-11(16)7-8-15-13(18)12-6-4-10-17(2)14(12)19/h4,6,10-11H,3,5,7-9H2,1-2H3,(H,15,18)/t11-/m1/s1. The molecule has 0 bridgehead atoms. The Morgan fingerprint density at radius 2 is 2.26 bits per heavy atom. The van der Waals surface area contributed by atoms with E-state index in [1.165, 1.54) is 17.4 Å². The van der Waals surface area contributed by atoms with Crippen molar-refractivity contribution in [1.82, 2.24) is 14.8 Å². The van der Waals surface area contributed by atoms with Crippen molar-refractivity contribution in [1.29, 1.82) is 0 Å². The van der Waals surface area contributed by atoms with Crippen molar-refractivity contribution >= 4 is 5.91 Å². The molecule has 0 aromatic carbocycles. The lowest BCUT2D eigenvalue weighted by molar-refractivity contribution is 0.0948. The highest BCUT2D eigenvalue weighted by Crippen LogP contribution is 2.16. The molecular formula is C14H21N3O2. The van der Waals surface area contributed by atoms with Gasteiger partial charge in [-0.15, -0.1) is 0 Å².